The summed E-state index contributed by atoms with van der Waals surface area (Å²) >= 11 is 3.31. The summed E-state index contributed by atoms with van der Waals surface area (Å²) in [6, 6.07) is 7.40. The molecule has 0 aliphatic rings. The molecule has 1 N–H and O–H groups in total. The highest BCUT2D eigenvalue weighted by Gasteiger charge is 2.03. The molecule has 3 nitrogen and oxygen atoms in total. The Balaban J connectivity index is 2.81. The number of aryl methyl sites for hydroxylation is 1. The van der Waals surface area contributed by atoms with E-state index in [0.717, 1.165) is 15.7 Å². The van der Waals surface area contributed by atoms with Crippen molar-refractivity contribution in [3.63, 3.8) is 0 Å². The second-order valence-electron chi connectivity index (χ2n) is 2.84. The van der Waals surface area contributed by atoms with E-state index in [1.54, 1.807) is 6.07 Å². The summed E-state index contributed by atoms with van der Waals surface area (Å²) in [5.41, 5.74) is 1.71. The summed E-state index contributed by atoms with van der Waals surface area (Å²) in [5.74, 6) is -0.284. The van der Waals surface area contributed by atoms with Gasteiger partial charge in [-0.3, -0.25) is 4.79 Å². The summed E-state index contributed by atoms with van der Waals surface area (Å²) in [5, 5.41) is 11.0. The van der Waals surface area contributed by atoms with E-state index < -0.39 is 0 Å². The van der Waals surface area contributed by atoms with Crippen LogP contribution in [0.25, 0.3) is 0 Å². The van der Waals surface area contributed by atoms with Gasteiger partial charge in [0, 0.05) is 10.2 Å². The molecule has 0 spiro atoms. The van der Waals surface area contributed by atoms with Gasteiger partial charge in [-0.05, 0) is 24.6 Å². The molecular weight excluding hydrogens is 244 g/mol. The smallest absolute Gasteiger partial charge is 0.238 e. The van der Waals surface area contributed by atoms with Crippen LogP contribution in [0.1, 0.15) is 12.0 Å². The van der Waals surface area contributed by atoms with Gasteiger partial charge in [0.05, 0.1) is 6.07 Å². The second-order valence-corrected chi connectivity index (χ2v) is 3.76. The Morgan fingerprint density at radius 3 is 3.00 bits per heavy atom. The molecule has 1 aromatic rings. The molecule has 4 heteroatoms. The number of hydrogen-bond acceptors (Lipinski definition) is 2. The largest absolute Gasteiger partial charge is 0.325 e. The van der Waals surface area contributed by atoms with Crippen LogP contribution in [0.5, 0.6) is 0 Å². The molecule has 0 aliphatic carbocycles. The number of carbonyl (C=O) groups is 1. The van der Waals surface area contributed by atoms with Crippen molar-refractivity contribution in [2.75, 3.05) is 5.32 Å². The molecule has 0 aliphatic heterocycles. The SMILES string of the molecule is Cc1ccc(Br)cc1NC(=O)CC#N. The first-order valence-electron chi connectivity index (χ1n) is 4.06. The number of nitrogens with one attached hydrogen (secondary N) is 1. The lowest BCUT2D eigenvalue weighted by Crippen LogP contribution is -2.11. The quantitative estimate of drug-likeness (QED) is 0.880. The zero-order valence-electron chi connectivity index (χ0n) is 7.67. The molecule has 0 saturated heterocycles. The molecule has 0 atom stereocenters. The van der Waals surface area contributed by atoms with Crippen molar-refractivity contribution in [2.24, 2.45) is 0 Å². The lowest BCUT2D eigenvalue weighted by Gasteiger charge is -2.06. The fourth-order valence-corrected chi connectivity index (χ4v) is 1.36. The highest BCUT2D eigenvalue weighted by molar-refractivity contribution is 9.10. The Morgan fingerprint density at radius 2 is 2.36 bits per heavy atom. The fourth-order valence-electron chi connectivity index (χ4n) is 0.995. The van der Waals surface area contributed by atoms with Gasteiger partial charge in [0.15, 0.2) is 0 Å². The monoisotopic (exact) mass is 252 g/mol. The van der Waals surface area contributed by atoms with Crippen molar-refractivity contribution in [3.05, 3.63) is 28.2 Å². The number of halogens is 1. The minimum atomic E-state index is -0.284. The number of rotatable bonds is 2. The molecule has 72 valence electrons. The Labute approximate surface area is 90.9 Å². The molecule has 0 unspecified atom stereocenters. The van der Waals surface area contributed by atoms with Crippen LogP contribution >= 0.6 is 15.9 Å². The minimum absolute atomic E-state index is 0.119. The molecule has 1 aromatic carbocycles. The molecule has 0 saturated carbocycles. The van der Waals surface area contributed by atoms with Crippen LogP contribution in [0, 0.1) is 18.3 Å². The Hall–Kier alpha value is -1.34. The van der Waals surface area contributed by atoms with Gasteiger partial charge >= 0.3 is 0 Å². The second kappa shape index (κ2) is 4.77. The first-order chi connectivity index (χ1) is 6.63. The lowest BCUT2D eigenvalue weighted by molar-refractivity contribution is -0.115. The number of hydrogen-bond donors (Lipinski definition) is 1. The predicted molar refractivity (Wildman–Crippen MR) is 57.7 cm³/mol. The van der Waals surface area contributed by atoms with E-state index in [9.17, 15) is 4.79 Å². The van der Waals surface area contributed by atoms with Crippen molar-refractivity contribution in [1.82, 2.24) is 0 Å². The topological polar surface area (TPSA) is 52.9 Å². The van der Waals surface area contributed by atoms with Crippen LogP contribution in [-0.2, 0) is 4.79 Å². The van der Waals surface area contributed by atoms with E-state index in [4.69, 9.17) is 5.26 Å². The average Bonchev–Trinajstić information content (AvgIpc) is 2.12. The molecule has 0 radical (unpaired) electrons. The van der Waals surface area contributed by atoms with E-state index in [1.807, 2.05) is 25.1 Å². The van der Waals surface area contributed by atoms with Crippen LogP contribution in [-0.4, -0.2) is 5.91 Å². The number of benzene rings is 1. The summed E-state index contributed by atoms with van der Waals surface area (Å²) in [4.78, 5) is 11.1. The van der Waals surface area contributed by atoms with Crippen LogP contribution in [0.15, 0.2) is 22.7 Å². The van der Waals surface area contributed by atoms with Crippen molar-refractivity contribution in [1.29, 1.82) is 5.26 Å². The van der Waals surface area contributed by atoms with Crippen molar-refractivity contribution in [3.8, 4) is 6.07 Å². The molecular formula is C10H9BrN2O. The van der Waals surface area contributed by atoms with Gasteiger partial charge in [0.1, 0.15) is 6.42 Å². The van der Waals surface area contributed by atoms with Crippen LogP contribution in [0.2, 0.25) is 0 Å². The van der Waals surface area contributed by atoms with Gasteiger partial charge in [0.2, 0.25) is 5.91 Å². The zero-order valence-corrected chi connectivity index (χ0v) is 9.26. The highest BCUT2D eigenvalue weighted by Crippen LogP contribution is 2.20. The van der Waals surface area contributed by atoms with Gasteiger partial charge in [0.25, 0.3) is 0 Å². The Kier molecular flexibility index (Phi) is 3.66. The van der Waals surface area contributed by atoms with Crippen molar-refractivity contribution >= 4 is 27.5 Å². The predicted octanol–water partition coefficient (Wildman–Crippen LogP) is 2.61. The number of amides is 1. The fraction of sp³-hybridized carbons (Fsp3) is 0.200. The number of carbonyl (C=O) groups excluding carboxylic acids is 1. The molecule has 0 aromatic heterocycles. The number of anilines is 1. The van der Waals surface area contributed by atoms with E-state index in [0.29, 0.717) is 0 Å². The van der Waals surface area contributed by atoms with E-state index >= 15 is 0 Å². The van der Waals surface area contributed by atoms with Gasteiger partial charge in [-0.1, -0.05) is 22.0 Å². The van der Waals surface area contributed by atoms with Gasteiger partial charge < -0.3 is 5.32 Å². The Bertz CT molecular complexity index is 396. The maximum Gasteiger partial charge on any atom is 0.238 e. The van der Waals surface area contributed by atoms with Gasteiger partial charge in [-0.2, -0.15) is 5.26 Å². The third-order valence-corrected chi connectivity index (χ3v) is 2.21. The van der Waals surface area contributed by atoms with Crippen LogP contribution in [0.3, 0.4) is 0 Å². The van der Waals surface area contributed by atoms with Crippen molar-refractivity contribution in [2.45, 2.75) is 13.3 Å². The zero-order chi connectivity index (χ0) is 10.6. The molecule has 0 bridgehead atoms. The van der Waals surface area contributed by atoms with E-state index in [1.165, 1.54) is 0 Å². The van der Waals surface area contributed by atoms with Gasteiger partial charge in [-0.15, -0.1) is 0 Å². The first kappa shape index (κ1) is 10.7. The number of nitrogens with zero attached hydrogens (tertiary/aromatic N) is 1. The average molecular weight is 253 g/mol. The van der Waals surface area contributed by atoms with Crippen LogP contribution in [0.4, 0.5) is 5.69 Å². The molecule has 1 amide bonds. The standard InChI is InChI=1S/C10H9BrN2O/c1-7-2-3-8(11)6-9(7)13-10(14)4-5-12/h2-3,6H,4H2,1H3,(H,13,14). The van der Waals surface area contributed by atoms with Crippen molar-refractivity contribution < 1.29 is 4.79 Å². The maximum atomic E-state index is 11.1. The molecule has 1 rings (SSSR count). The van der Waals surface area contributed by atoms with E-state index in [2.05, 4.69) is 21.2 Å². The summed E-state index contributed by atoms with van der Waals surface area (Å²) in [7, 11) is 0. The summed E-state index contributed by atoms with van der Waals surface area (Å²) in [6.45, 7) is 1.90. The lowest BCUT2D eigenvalue weighted by atomic mass is 10.2. The van der Waals surface area contributed by atoms with Crippen LogP contribution < -0.4 is 5.32 Å². The Morgan fingerprint density at radius 1 is 1.64 bits per heavy atom. The minimum Gasteiger partial charge on any atom is -0.325 e. The first-order valence-corrected chi connectivity index (χ1v) is 4.85. The molecule has 14 heavy (non-hydrogen) atoms. The number of nitriles is 1. The summed E-state index contributed by atoms with van der Waals surface area (Å²) < 4.78 is 0.898. The highest BCUT2D eigenvalue weighted by atomic mass is 79.9. The summed E-state index contributed by atoms with van der Waals surface area (Å²) in [6.07, 6.45) is -0.119. The normalized spacial score (nSPS) is 9.21. The third-order valence-electron chi connectivity index (χ3n) is 1.71. The molecule has 0 heterocycles. The third kappa shape index (κ3) is 2.86. The van der Waals surface area contributed by atoms with Gasteiger partial charge in [-0.25, -0.2) is 0 Å². The van der Waals surface area contributed by atoms with E-state index in [-0.39, 0.29) is 12.3 Å². The molecule has 0 fully saturated rings. The maximum absolute atomic E-state index is 11.1.